The van der Waals surface area contributed by atoms with Gasteiger partial charge in [-0.25, -0.2) is 4.39 Å². The van der Waals surface area contributed by atoms with Gasteiger partial charge in [-0.1, -0.05) is 12.1 Å². The first-order chi connectivity index (χ1) is 18.4. The van der Waals surface area contributed by atoms with Crippen LogP contribution < -0.4 is 5.32 Å². The predicted octanol–water partition coefficient (Wildman–Crippen LogP) is 4.12. The Morgan fingerprint density at radius 2 is 2.18 bits per heavy atom. The number of pyridine rings is 1. The van der Waals surface area contributed by atoms with Crippen molar-refractivity contribution < 1.29 is 28.5 Å². The van der Waals surface area contributed by atoms with Crippen molar-refractivity contribution in [3.8, 4) is 0 Å². The third-order valence-corrected chi connectivity index (χ3v) is 7.72. The van der Waals surface area contributed by atoms with Gasteiger partial charge < -0.3 is 24.6 Å². The summed E-state index contributed by atoms with van der Waals surface area (Å²) in [5.41, 5.74) is 3.73. The van der Waals surface area contributed by atoms with Gasteiger partial charge in [-0.05, 0) is 69.2 Å². The molecule has 2 fully saturated rings. The van der Waals surface area contributed by atoms with E-state index in [1.807, 2.05) is 11.8 Å². The molecule has 2 saturated heterocycles. The molecule has 2 aromatic rings. The lowest BCUT2D eigenvalue weighted by molar-refractivity contribution is -0.205. The maximum atomic E-state index is 14.8. The van der Waals surface area contributed by atoms with Crippen LogP contribution in [-0.4, -0.2) is 72.1 Å². The van der Waals surface area contributed by atoms with Crippen molar-refractivity contribution in [2.45, 2.75) is 69.8 Å². The zero-order chi connectivity index (χ0) is 26.5. The summed E-state index contributed by atoms with van der Waals surface area (Å²) in [6.07, 6.45) is 5.70. The molecule has 9 heteroatoms. The molecule has 0 aliphatic carbocycles. The Morgan fingerprint density at radius 3 is 2.97 bits per heavy atom. The second kappa shape index (κ2) is 12.1. The van der Waals surface area contributed by atoms with Crippen molar-refractivity contribution in [2.75, 3.05) is 44.8 Å². The molecule has 3 aliphatic rings. The number of nitrogens with zero attached hydrogens (tertiary/aromatic N) is 2. The summed E-state index contributed by atoms with van der Waals surface area (Å²) in [4.78, 5) is 19.1. The number of nitrogens with one attached hydrogen (secondary N) is 1. The van der Waals surface area contributed by atoms with E-state index >= 15 is 0 Å². The van der Waals surface area contributed by atoms with Gasteiger partial charge >= 0.3 is 5.97 Å². The fourth-order valence-electron chi connectivity index (χ4n) is 5.49. The second-order valence-electron chi connectivity index (χ2n) is 10.8. The van der Waals surface area contributed by atoms with Crippen LogP contribution >= 0.6 is 0 Å². The standard InChI is InChI=1S/C29H38FN3O5/c1-29(18-36-19-29)38-17-23-22(7-4-8-24(23)30)27(28(34)35)33-14-12-21(16-33)37-15-3-2-6-20-10-11-25-26(32-20)9-5-13-31-25/h4,7-8,10-11,21,27,31H,2-3,5-6,9,12-19H2,1H3,(H,34,35)/t21-,27?/m1/s1. The molecule has 1 aromatic carbocycles. The molecule has 1 unspecified atom stereocenters. The number of carboxylic acids is 1. The van der Waals surface area contributed by atoms with E-state index in [0.29, 0.717) is 44.0 Å². The highest BCUT2D eigenvalue weighted by atomic mass is 19.1. The number of likely N-dealkylation sites (tertiary alicyclic amines) is 1. The Kier molecular flexibility index (Phi) is 8.57. The van der Waals surface area contributed by atoms with Crippen molar-refractivity contribution in [3.63, 3.8) is 0 Å². The number of hydrogen-bond donors (Lipinski definition) is 2. The lowest BCUT2D eigenvalue weighted by Gasteiger charge is -2.38. The van der Waals surface area contributed by atoms with E-state index in [1.165, 1.54) is 11.8 Å². The van der Waals surface area contributed by atoms with Crippen LogP contribution in [0.4, 0.5) is 10.1 Å². The Labute approximate surface area is 223 Å². The molecule has 0 radical (unpaired) electrons. The van der Waals surface area contributed by atoms with Crippen molar-refractivity contribution >= 4 is 11.7 Å². The molecule has 206 valence electrons. The van der Waals surface area contributed by atoms with Gasteiger partial charge in [0.05, 0.1) is 37.3 Å². The number of carbonyl (C=O) groups is 1. The molecule has 5 rings (SSSR count). The van der Waals surface area contributed by atoms with Gasteiger partial charge in [0.25, 0.3) is 0 Å². The second-order valence-corrected chi connectivity index (χ2v) is 10.8. The van der Waals surface area contributed by atoms with Gasteiger partial charge in [0.15, 0.2) is 0 Å². The zero-order valence-electron chi connectivity index (χ0n) is 22.1. The van der Waals surface area contributed by atoms with Gasteiger partial charge in [0.2, 0.25) is 0 Å². The number of aryl methyl sites for hydroxylation is 2. The average Bonchev–Trinajstić information content (AvgIpc) is 3.35. The van der Waals surface area contributed by atoms with Crippen LogP contribution in [0, 0.1) is 5.82 Å². The molecule has 3 aliphatic heterocycles. The number of unbranched alkanes of at least 4 members (excludes halogenated alkanes) is 1. The fraction of sp³-hybridized carbons (Fsp3) is 0.586. The van der Waals surface area contributed by atoms with Gasteiger partial charge in [0.1, 0.15) is 17.5 Å². The molecular formula is C29H38FN3O5. The summed E-state index contributed by atoms with van der Waals surface area (Å²) in [6, 6.07) is 7.90. The summed E-state index contributed by atoms with van der Waals surface area (Å²) >= 11 is 0. The number of rotatable bonds is 12. The normalized spacial score (nSPS) is 21.4. The van der Waals surface area contributed by atoms with Crippen LogP contribution in [0.25, 0.3) is 0 Å². The van der Waals surface area contributed by atoms with Gasteiger partial charge in [-0.3, -0.25) is 14.7 Å². The van der Waals surface area contributed by atoms with Gasteiger partial charge in [-0.2, -0.15) is 0 Å². The number of benzene rings is 1. The molecule has 0 bridgehead atoms. The van der Waals surface area contributed by atoms with E-state index in [1.54, 1.807) is 12.1 Å². The van der Waals surface area contributed by atoms with Crippen LogP contribution in [0.2, 0.25) is 0 Å². The average molecular weight is 528 g/mol. The Balaban J connectivity index is 1.12. The molecule has 8 nitrogen and oxygen atoms in total. The summed E-state index contributed by atoms with van der Waals surface area (Å²) in [6.45, 7) is 5.55. The quantitative estimate of drug-likeness (QED) is 0.398. The van der Waals surface area contributed by atoms with Crippen LogP contribution in [0.3, 0.4) is 0 Å². The Hall–Kier alpha value is -2.59. The number of fused-ring (bicyclic) bond motifs is 1. The largest absolute Gasteiger partial charge is 0.480 e. The Morgan fingerprint density at radius 1 is 1.32 bits per heavy atom. The Bertz CT molecular complexity index is 1130. The first-order valence-electron chi connectivity index (χ1n) is 13.7. The zero-order valence-corrected chi connectivity index (χ0v) is 22.1. The van der Waals surface area contributed by atoms with Crippen LogP contribution in [0.1, 0.15) is 61.2 Å². The number of halogens is 1. The number of carboxylic acid groups (broad SMARTS) is 1. The maximum Gasteiger partial charge on any atom is 0.325 e. The van der Waals surface area contributed by atoms with E-state index in [0.717, 1.165) is 56.5 Å². The summed E-state index contributed by atoms with van der Waals surface area (Å²) in [5, 5.41) is 13.5. The minimum atomic E-state index is -0.997. The molecule has 38 heavy (non-hydrogen) atoms. The van der Waals surface area contributed by atoms with E-state index in [-0.39, 0.29) is 12.7 Å². The van der Waals surface area contributed by atoms with Crippen LogP contribution in [0.15, 0.2) is 30.3 Å². The van der Waals surface area contributed by atoms with Crippen LogP contribution in [0.5, 0.6) is 0 Å². The highest BCUT2D eigenvalue weighted by molar-refractivity contribution is 5.76. The molecule has 0 spiro atoms. The predicted molar refractivity (Wildman–Crippen MR) is 141 cm³/mol. The first-order valence-corrected chi connectivity index (χ1v) is 13.7. The van der Waals surface area contributed by atoms with E-state index in [4.69, 9.17) is 19.2 Å². The van der Waals surface area contributed by atoms with Gasteiger partial charge in [-0.15, -0.1) is 0 Å². The molecule has 1 aromatic heterocycles. The van der Waals surface area contributed by atoms with Crippen LogP contribution in [-0.2, 0) is 38.5 Å². The van der Waals surface area contributed by atoms with Crippen molar-refractivity contribution in [1.29, 1.82) is 0 Å². The first kappa shape index (κ1) is 27.0. The molecule has 4 heterocycles. The minimum Gasteiger partial charge on any atom is -0.480 e. The lowest BCUT2D eigenvalue weighted by atomic mass is 9.98. The number of aliphatic carboxylic acids is 1. The summed E-state index contributed by atoms with van der Waals surface area (Å²) < 4.78 is 32.1. The third-order valence-electron chi connectivity index (χ3n) is 7.72. The topological polar surface area (TPSA) is 93.2 Å². The highest BCUT2D eigenvalue weighted by Crippen LogP contribution is 2.32. The number of aromatic nitrogens is 1. The van der Waals surface area contributed by atoms with E-state index < -0.39 is 23.4 Å². The smallest absolute Gasteiger partial charge is 0.325 e. The third kappa shape index (κ3) is 6.34. The SMILES string of the molecule is CC1(OCc2c(F)cccc2C(C(=O)O)N2CC[C@@H](OCCCCc3ccc4c(n3)CCCN4)C2)COC1. The molecule has 0 amide bonds. The van der Waals surface area contributed by atoms with E-state index in [9.17, 15) is 14.3 Å². The van der Waals surface area contributed by atoms with Crippen molar-refractivity contribution in [3.05, 3.63) is 58.7 Å². The van der Waals surface area contributed by atoms with Crippen molar-refractivity contribution in [2.24, 2.45) is 0 Å². The van der Waals surface area contributed by atoms with E-state index in [2.05, 4.69) is 17.4 Å². The highest BCUT2D eigenvalue weighted by Gasteiger charge is 2.38. The minimum absolute atomic E-state index is 0.00893. The molecule has 2 atom stereocenters. The van der Waals surface area contributed by atoms with Gasteiger partial charge in [0, 0.05) is 37.5 Å². The summed E-state index contributed by atoms with van der Waals surface area (Å²) in [5.74, 6) is -1.45. The molecule has 0 saturated carbocycles. The number of anilines is 1. The maximum absolute atomic E-state index is 14.8. The molecule has 2 N–H and O–H groups in total. The fourth-order valence-corrected chi connectivity index (χ4v) is 5.49. The molecular weight excluding hydrogens is 489 g/mol. The number of ether oxygens (including phenoxy) is 3. The lowest BCUT2D eigenvalue weighted by Crippen LogP contribution is -2.49. The number of hydrogen-bond acceptors (Lipinski definition) is 7. The summed E-state index contributed by atoms with van der Waals surface area (Å²) in [7, 11) is 0. The van der Waals surface area contributed by atoms with Crippen molar-refractivity contribution in [1.82, 2.24) is 9.88 Å². The monoisotopic (exact) mass is 527 g/mol.